The van der Waals surface area contributed by atoms with Crippen molar-refractivity contribution < 1.29 is 17.9 Å². The van der Waals surface area contributed by atoms with Crippen LogP contribution in [0.15, 0.2) is 52.0 Å². The van der Waals surface area contributed by atoms with E-state index in [-0.39, 0.29) is 23.3 Å². The number of nitrogens with one attached hydrogen (secondary N) is 1. The second-order valence-corrected chi connectivity index (χ2v) is 8.26. The molecule has 2 aromatic rings. The lowest BCUT2D eigenvalue weighted by Crippen LogP contribution is -2.26. The predicted molar refractivity (Wildman–Crippen MR) is 88.6 cm³/mol. The van der Waals surface area contributed by atoms with Crippen molar-refractivity contribution in [2.75, 3.05) is 6.54 Å². The zero-order chi connectivity index (χ0) is 17.1. The first-order chi connectivity index (χ1) is 10.7. The molecule has 0 radical (unpaired) electrons. The summed E-state index contributed by atoms with van der Waals surface area (Å²) in [6.07, 6.45) is 0.891. The first-order valence-corrected chi connectivity index (χ1v) is 9.00. The molecule has 0 aliphatic carbocycles. The zero-order valence-electron chi connectivity index (χ0n) is 13.6. The van der Waals surface area contributed by atoms with E-state index in [1.54, 1.807) is 24.3 Å². The first kappa shape index (κ1) is 17.7. The van der Waals surface area contributed by atoms with Crippen molar-refractivity contribution in [2.45, 2.75) is 43.6 Å². The molecular formula is C17H23NO4S. The van der Waals surface area contributed by atoms with Crippen LogP contribution in [0.1, 0.15) is 44.6 Å². The van der Waals surface area contributed by atoms with Crippen molar-refractivity contribution >= 4 is 10.0 Å². The van der Waals surface area contributed by atoms with Crippen LogP contribution in [0.4, 0.5) is 0 Å². The van der Waals surface area contributed by atoms with Crippen LogP contribution in [0.5, 0.6) is 0 Å². The van der Waals surface area contributed by atoms with Crippen LogP contribution in [0.3, 0.4) is 0 Å². The van der Waals surface area contributed by atoms with Crippen molar-refractivity contribution in [1.29, 1.82) is 0 Å². The summed E-state index contributed by atoms with van der Waals surface area (Å²) >= 11 is 0. The molecule has 0 bridgehead atoms. The highest BCUT2D eigenvalue weighted by atomic mass is 32.2. The molecule has 126 valence electrons. The molecule has 23 heavy (non-hydrogen) atoms. The molecule has 0 saturated heterocycles. The fourth-order valence-corrected chi connectivity index (χ4v) is 3.22. The minimum atomic E-state index is -3.58. The third-order valence-electron chi connectivity index (χ3n) is 3.61. The summed E-state index contributed by atoms with van der Waals surface area (Å²) in [5, 5.41) is 9.87. The number of aliphatic hydroxyl groups excluding tert-OH is 1. The van der Waals surface area contributed by atoms with E-state index in [0.717, 1.165) is 5.56 Å². The Bertz CT molecular complexity index is 713. The van der Waals surface area contributed by atoms with Crippen LogP contribution in [0.2, 0.25) is 0 Å². The van der Waals surface area contributed by atoms with Crippen LogP contribution in [0.25, 0.3) is 0 Å². The molecule has 1 atom stereocenters. The van der Waals surface area contributed by atoms with Gasteiger partial charge in [-0.15, -0.1) is 0 Å². The van der Waals surface area contributed by atoms with Crippen molar-refractivity contribution in [3.63, 3.8) is 0 Å². The first-order valence-electron chi connectivity index (χ1n) is 7.52. The molecule has 0 saturated carbocycles. The standard InChI is InChI=1S/C17H23NO4S/c1-17(2,3)13-6-8-14(9-7-13)23(20,21)18-11-10-15(19)16-5-4-12-22-16/h4-9,12,15,18-19H,10-11H2,1-3H3. The average Bonchev–Trinajstić information content (AvgIpc) is 3.00. The number of aliphatic hydroxyl groups is 1. The van der Waals surface area contributed by atoms with Gasteiger partial charge in [-0.1, -0.05) is 32.9 Å². The minimum Gasteiger partial charge on any atom is -0.467 e. The lowest BCUT2D eigenvalue weighted by Gasteiger charge is -2.19. The molecule has 1 heterocycles. The highest BCUT2D eigenvalue weighted by molar-refractivity contribution is 7.89. The van der Waals surface area contributed by atoms with Gasteiger partial charge in [-0.25, -0.2) is 13.1 Å². The summed E-state index contributed by atoms with van der Waals surface area (Å²) in [6, 6.07) is 10.2. The largest absolute Gasteiger partial charge is 0.467 e. The van der Waals surface area contributed by atoms with Gasteiger partial charge >= 0.3 is 0 Å². The summed E-state index contributed by atoms with van der Waals surface area (Å²) < 4.78 is 32.1. The number of sulfonamides is 1. The molecule has 5 nitrogen and oxygen atoms in total. The molecule has 0 aliphatic heterocycles. The number of benzene rings is 1. The monoisotopic (exact) mass is 337 g/mol. The van der Waals surface area contributed by atoms with Gasteiger partial charge in [-0.2, -0.15) is 0 Å². The van der Waals surface area contributed by atoms with Gasteiger partial charge in [0.1, 0.15) is 11.9 Å². The van der Waals surface area contributed by atoms with E-state index in [1.165, 1.54) is 6.26 Å². The highest BCUT2D eigenvalue weighted by Crippen LogP contribution is 2.23. The average molecular weight is 337 g/mol. The molecule has 0 amide bonds. The zero-order valence-corrected chi connectivity index (χ0v) is 14.4. The predicted octanol–water partition coefficient (Wildman–Crippen LogP) is 2.98. The molecule has 6 heteroatoms. The summed E-state index contributed by atoms with van der Waals surface area (Å²) in [5.74, 6) is 0.429. The minimum absolute atomic E-state index is 0.0249. The smallest absolute Gasteiger partial charge is 0.240 e. The van der Waals surface area contributed by atoms with Crippen LogP contribution in [0, 0.1) is 0 Å². The van der Waals surface area contributed by atoms with Gasteiger partial charge in [0.05, 0.1) is 11.2 Å². The van der Waals surface area contributed by atoms with Gasteiger partial charge in [-0.05, 0) is 41.7 Å². The van der Waals surface area contributed by atoms with Crippen LogP contribution in [-0.4, -0.2) is 20.1 Å². The molecule has 2 rings (SSSR count). The Kier molecular flexibility index (Phi) is 5.29. The van der Waals surface area contributed by atoms with Gasteiger partial charge in [0.25, 0.3) is 0 Å². The van der Waals surface area contributed by atoms with Crippen LogP contribution >= 0.6 is 0 Å². The number of hydrogen-bond donors (Lipinski definition) is 2. The van der Waals surface area contributed by atoms with E-state index >= 15 is 0 Å². The lowest BCUT2D eigenvalue weighted by molar-refractivity contribution is 0.142. The maximum Gasteiger partial charge on any atom is 0.240 e. The van der Waals surface area contributed by atoms with Crippen molar-refractivity contribution in [3.8, 4) is 0 Å². The Labute approximate surface area is 137 Å². The number of hydrogen-bond acceptors (Lipinski definition) is 4. The van der Waals surface area contributed by atoms with Gasteiger partial charge in [-0.3, -0.25) is 0 Å². The van der Waals surface area contributed by atoms with E-state index in [0.29, 0.717) is 5.76 Å². The summed E-state index contributed by atoms with van der Waals surface area (Å²) in [5.41, 5.74) is 1.05. The van der Waals surface area contributed by atoms with Gasteiger partial charge in [0.15, 0.2) is 0 Å². The Hall–Kier alpha value is -1.63. The molecule has 1 aromatic heterocycles. The molecular weight excluding hydrogens is 314 g/mol. The number of furan rings is 1. The third-order valence-corrected chi connectivity index (χ3v) is 5.09. The van der Waals surface area contributed by atoms with E-state index < -0.39 is 16.1 Å². The van der Waals surface area contributed by atoms with Crippen molar-refractivity contribution in [3.05, 3.63) is 54.0 Å². The van der Waals surface area contributed by atoms with E-state index in [4.69, 9.17) is 4.42 Å². The molecule has 2 N–H and O–H groups in total. The van der Waals surface area contributed by atoms with E-state index in [1.807, 2.05) is 12.1 Å². The van der Waals surface area contributed by atoms with Gasteiger partial charge < -0.3 is 9.52 Å². The Morgan fingerprint density at radius 1 is 1.17 bits per heavy atom. The molecule has 0 aliphatic rings. The van der Waals surface area contributed by atoms with E-state index in [9.17, 15) is 13.5 Å². The fraction of sp³-hybridized carbons (Fsp3) is 0.412. The Morgan fingerprint density at radius 2 is 1.83 bits per heavy atom. The normalized spacial score (nSPS) is 13.9. The van der Waals surface area contributed by atoms with Crippen molar-refractivity contribution in [1.82, 2.24) is 4.72 Å². The topological polar surface area (TPSA) is 79.5 Å². The lowest BCUT2D eigenvalue weighted by atomic mass is 9.87. The maximum atomic E-state index is 12.2. The fourth-order valence-electron chi connectivity index (χ4n) is 2.17. The highest BCUT2D eigenvalue weighted by Gasteiger charge is 2.18. The summed E-state index contributed by atoms with van der Waals surface area (Å²) in [6.45, 7) is 6.35. The van der Waals surface area contributed by atoms with Crippen molar-refractivity contribution in [2.24, 2.45) is 0 Å². The van der Waals surface area contributed by atoms with Crippen LogP contribution in [-0.2, 0) is 15.4 Å². The summed E-state index contributed by atoms with van der Waals surface area (Å²) in [4.78, 5) is 0.220. The quantitative estimate of drug-likeness (QED) is 0.849. The second-order valence-electron chi connectivity index (χ2n) is 6.49. The third kappa shape index (κ3) is 4.67. The Balaban J connectivity index is 1.96. The SMILES string of the molecule is CC(C)(C)c1ccc(S(=O)(=O)NCCC(O)c2ccco2)cc1. The second kappa shape index (κ2) is 6.86. The molecule has 0 spiro atoms. The molecule has 1 unspecified atom stereocenters. The van der Waals surface area contributed by atoms with Gasteiger partial charge in [0.2, 0.25) is 10.0 Å². The Morgan fingerprint density at radius 3 is 2.35 bits per heavy atom. The molecule has 0 fully saturated rings. The molecule has 1 aromatic carbocycles. The van der Waals surface area contributed by atoms with E-state index in [2.05, 4.69) is 25.5 Å². The van der Waals surface area contributed by atoms with Gasteiger partial charge in [0, 0.05) is 6.54 Å². The number of rotatable bonds is 6. The maximum absolute atomic E-state index is 12.2. The van der Waals surface area contributed by atoms with Crippen LogP contribution < -0.4 is 4.72 Å². The summed E-state index contributed by atoms with van der Waals surface area (Å²) in [7, 11) is -3.58.